The van der Waals surface area contributed by atoms with E-state index in [1.807, 2.05) is 30.3 Å². The van der Waals surface area contributed by atoms with Crippen molar-refractivity contribution in [1.82, 2.24) is 15.5 Å². The molecule has 0 saturated heterocycles. The van der Waals surface area contributed by atoms with Crippen molar-refractivity contribution < 1.29 is 23.9 Å². The number of alkyl carbamates (subject to hydrolysis) is 1. The van der Waals surface area contributed by atoms with Crippen molar-refractivity contribution in [3.05, 3.63) is 95.3 Å². The Morgan fingerprint density at radius 3 is 2.11 bits per heavy atom. The first-order chi connectivity index (χ1) is 16.6. The second kappa shape index (κ2) is 10.8. The lowest BCUT2D eigenvalue weighted by atomic mass is 9.91. The fourth-order valence-corrected chi connectivity index (χ4v) is 3.61. The molecule has 2 aromatic rings. The van der Waals surface area contributed by atoms with Crippen LogP contribution in [0.5, 0.6) is 0 Å². The topological polar surface area (TPSA) is 105 Å². The van der Waals surface area contributed by atoms with E-state index in [1.165, 1.54) is 17.9 Å². The second-order valence-corrected chi connectivity index (χ2v) is 8.98. The Morgan fingerprint density at radius 1 is 0.943 bits per heavy atom. The molecule has 0 radical (unpaired) electrons. The third kappa shape index (κ3) is 6.66. The molecule has 0 aliphatic carbocycles. The first-order valence-corrected chi connectivity index (χ1v) is 11.2. The van der Waals surface area contributed by atoms with E-state index in [2.05, 4.69) is 10.6 Å². The number of nitrogens with zero attached hydrogens (tertiary/aromatic N) is 1. The van der Waals surface area contributed by atoms with E-state index < -0.39 is 23.6 Å². The summed E-state index contributed by atoms with van der Waals surface area (Å²) in [7, 11) is 0. The Balaban J connectivity index is 1.99. The minimum absolute atomic E-state index is 0.244. The third-order valence-electron chi connectivity index (χ3n) is 5.07. The van der Waals surface area contributed by atoms with Gasteiger partial charge in [0.1, 0.15) is 18.2 Å². The summed E-state index contributed by atoms with van der Waals surface area (Å²) < 4.78 is 5.17. The molecule has 8 nitrogen and oxygen atoms in total. The van der Waals surface area contributed by atoms with Gasteiger partial charge in [-0.05, 0) is 32.4 Å². The van der Waals surface area contributed by atoms with Crippen molar-refractivity contribution in [2.24, 2.45) is 0 Å². The maximum absolute atomic E-state index is 13.4. The lowest BCUT2D eigenvalue weighted by Gasteiger charge is -2.34. The number of allylic oxidation sites excluding steroid dienone is 2. The number of ketones is 1. The summed E-state index contributed by atoms with van der Waals surface area (Å²) in [5.41, 5.74) is 0.925. The summed E-state index contributed by atoms with van der Waals surface area (Å²) in [6, 6.07) is 17.0. The van der Waals surface area contributed by atoms with Crippen molar-refractivity contribution in [3.8, 4) is 0 Å². The van der Waals surface area contributed by atoms with Crippen LogP contribution in [0.15, 0.2) is 84.2 Å². The van der Waals surface area contributed by atoms with E-state index in [9.17, 15) is 19.2 Å². The van der Waals surface area contributed by atoms with Gasteiger partial charge >= 0.3 is 6.09 Å². The summed E-state index contributed by atoms with van der Waals surface area (Å²) in [6.07, 6.45) is 2.33. The van der Waals surface area contributed by atoms with Crippen molar-refractivity contribution in [2.75, 3.05) is 6.54 Å². The normalized spacial score (nSPS) is 15.4. The molecule has 1 aliphatic heterocycles. The minimum Gasteiger partial charge on any atom is -0.444 e. The van der Waals surface area contributed by atoms with Gasteiger partial charge in [0.15, 0.2) is 5.78 Å². The van der Waals surface area contributed by atoms with Gasteiger partial charge in [-0.1, -0.05) is 60.7 Å². The Kier molecular flexibility index (Phi) is 7.86. The van der Waals surface area contributed by atoms with Crippen molar-refractivity contribution in [2.45, 2.75) is 39.3 Å². The monoisotopic (exact) mass is 475 g/mol. The maximum Gasteiger partial charge on any atom is 0.408 e. The van der Waals surface area contributed by atoms with E-state index in [1.54, 1.807) is 57.3 Å². The van der Waals surface area contributed by atoms with E-state index in [0.717, 1.165) is 0 Å². The van der Waals surface area contributed by atoms with Gasteiger partial charge in [-0.2, -0.15) is 0 Å². The smallest absolute Gasteiger partial charge is 0.408 e. The SMILES string of the molecule is CC(=O)N1C=CC(C(=O)c2ccccc2)=C(NC(=O)CNC(=O)OC(C)(C)C)C1c1ccccc1. The molecule has 1 unspecified atom stereocenters. The average molecular weight is 476 g/mol. The number of hydrogen-bond donors (Lipinski definition) is 2. The minimum atomic E-state index is -0.744. The average Bonchev–Trinajstić information content (AvgIpc) is 2.82. The van der Waals surface area contributed by atoms with Gasteiger partial charge in [0.05, 0.1) is 5.70 Å². The molecule has 8 heteroatoms. The highest BCUT2D eigenvalue weighted by Gasteiger charge is 2.33. The summed E-state index contributed by atoms with van der Waals surface area (Å²) >= 11 is 0. The van der Waals surface area contributed by atoms with Crippen LogP contribution >= 0.6 is 0 Å². The van der Waals surface area contributed by atoms with Crippen LogP contribution < -0.4 is 10.6 Å². The van der Waals surface area contributed by atoms with E-state index in [4.69, 9.17) is 4.74 Å². The van der Waals surface area contributed by atoms with E-state index in [0.29, 0.717) is 11.1 Å². The van der Waals surface area contributed by atoms with Gasteiger partial charge in [0.25, 0.3) is 0 Å². The Morgan fingerprint density at radius 2 is 1.54 bits per heavy atom. The molecule has 3 amide bonds. The number of ether oxygens (including phenoxy) is 1. The Bertz CT molecular complexity index is 1160. The number of nitrogens with one attached hydrogen (secondary N) is 2. The first kappa shape index (κ1) is 25.4. The van der Waals surface area contributed by atoms with Crippen LogP contribution in [0.25, 0.3) is 0 Å². The molecule has 0 spiro atoms. The highest BCUT2D eigenvalue weighted by atomic mass is 16.6. The number of carbonyl (C=O) groups is 4. The van der Waals surface area contributed by atoms with Gasteiger partial charge < -0.3 is 20.3 Å². The molecule has 2 N–H and O–H groups in total. The maximum atomic E-state index is 13.4. The molecule has 0 fully saturated rings. The highest BCUT2D eigenvalue weighted by molar-refractivity contribution is 6.11. The fraction of sp³-hybridized carbons (Fsp3) is 0.259. The molecular weight excluding hydrogens is 446 g/mol. The van der Waals surface area contributed by atoms with Crippen LogP contribution in [-0.2, 0) is 14.3 Å². The quantitative estimate of drug-likeness (QED) is 0.617. The zero-order chi connectivity index (χ0) is 25.6. The zero-order valence-corrected chi connectivity index (χ0v) is 20.2. The number of hydrogen-bond acceptors (Lipinski definition) is 5. The van der Waals surface area contributed by atoms with E-state index >= 15 is 0 Å². The summed E-state index contributed by atoms with van der Waals surface area (Å²) in [6.45, 7) is 6.18. The summed E-state index contributed by atoms with van der Waals surface area (Å²) in [5.74, 6) is -1.13. The van der Waals surface area contributed by atoms with Crippen LogP contribution in [0.4, 0.5) is 4.79 Å². The van der Waals surface area contributed by atoms with Crippen LogP contribution in [0.2, 0.25) is 0 Å². The number of carbonyl (C=O) groups excluding carboxylic acids is 4. The molecule has 0 bridgehead atoms. The van der Waals surface area contributed by atoms with Crippen molar-refractivity contribution in [1.29, 1.82) is 0 Å². The lowest BCUT2D eigenvalue weighted by molar-refractivity contribution is -0.128. The molecule has 35 heavy (non-hydrogen) atoms. The number of amides is 3. The predicted molar refractivity (Wildman–Crippen MR) is 131 cm³/mol. The third-order valence-corrected chi connectivity index (χ3v) is 5.07. The van der Waals surface area contributed by atoms with Gasteiger partial charge in [-0.25, -0.2) is 4.79 Å². The van der Waals surface area contributed by atoms with E-state index in [-0.39, 0.29) is 29.5 Å². The lowest BCUT2D eigenvalue weighted by Crippen LogP contribution is -2.43. The largest absolute Gasteiger partial charge is 0.444 e. The molecule has 0 saturated carbocycles. The molecule has 0 aromatic heterocycles. The predicted octanol–water partition coefficient (Wildman–Crippen LogP) is 3.88. The standard InChI is InChI=1S/C27H29N3O5/c1-18(31)30-16-15-21(25(33)20-13-9-6-10-14-20)23(24(30)19-11-7-5-8-12-19)29-22(32)17-28-26(34)35-27(2,3)4/h5-16,24H,17H2,1-4H3,(H,28,34)(H,29,32). The molecule has 1 atom stereocenters. The summed E-state index contributed by atoms with van der Waals surface area (Å²) in [4.78, 5) is 52.2. The highest BCUT2D eigenvalue weighted by Crippen LogP contribution is 2.34. The first-order valence-electron chi connectivity index (χ1n) is 11.2. The number of rotatable bonds is 6. The van der Waals surface area contributed by atoms with Gasteiger partial charge in [0, 0.05) is 24.3 Å². The molecular formula is C27H29N3O5. The van der Waals surface area contributed by atoms with Gasteiger partial charge in [0.2, 0.25) is 11.8 Å². The molecule has 1 aliphatic rings. The summed E-state index contributed by atoms with van der Waals surface area (Å²) in [5, 5.41) is 5.19. The zero-order valence-electron chi connectivity index (χ0n) is 20.2. The molecule has 2 aromatic carbocycles. The molecule has 1 heterocycles. The Hall–Kier alpha value is -4.20. The van der Waals surface area contributed by atoms with Crippen LogP contribution in [0.1, 0.15) is 49.7 Å². The van der Waals surface area contributed by atoms with Crippen LogP contribution in [0, 0.1) is 0 Å². The second-order valence-electron chi connectivity index (χ2n) is 8.98. The van der Waals surface area contributed by atoms with Crippen LogP contribution in [0.3, 0.4) is 0 Å². The van der Waals surface area contributed by atoms with Crippen molar-refractivity contribution >= 4 is 23.7 Å². The Labute approximate surface area is 204 Å². The van der Waals surface area contributed by atoms with Gasteiger partial charge in [-0.3, -0.25) is 14.4 Å². The fourth-order valence-electron chi connectivity index (χ4n) is 3.61. The molecule has 3 rings (SSSR count). The molecule has 182 valence electrons. The number of benzene rings is 2. The van der Waals surface area contributed by atoms with Gasteiger partial charge in [-0.15, -0.1) is 0 Å². The number of Topliss-reactive ketones (excluding diaryl/α,β-unsaturated/α-hetero) is 1. The van der Waals surface area contributed by atoms with Crippen molar-refractivity contribution in [3.63, 3.8) is 0 Å². The van der Waals surface area contributed by atoms with Crippen LogP contribution in [-0.4, -0.2) is 40.7 Å².